The molecule has 1 unspecified atom stereocenters. The van der Waals surface area contributed by atoms with Crippen LogP contribution in [0.5, 0.6) is 5.75 Å². The molecular formula is C48H46F3N7O6. The highest BCUT2D eigenvalue weighted by molar-refractivity contribution is 6.23. The number of ether oxygens (including phenoxy) is 1. The third-order valence-electron chi connectivity index (χ3n) is 13.2. The van der Waals surface area contributed by atoms with Crippen molar-refractivity contribution in [1.29, 1.82) is 5.26 Å². The lowest BCUT2D eigenvalue weighted by Crippen LogP contribution is -2.54. The van der Waals surface area contributed by atoms with Gasteiger partial charge in [-0.05, 0) is 105 Å². The van der Waals surface area contributed by atoms with Crippen LogP contribution < -0.4 is 20.6 Å². The van der Waals surface area contributed by atoms with Crippen molar-refractivity contribution in [2.24, 2.45) is 5.92 Å². The number of halogens is 3. The van der Waals surface area contributed by atoms with Crippen molar-refractivity contribution in [3.05, 3.63) is 123 Å². The molecule has 9 rings (SSSR count). The van der Waals surface area contributed by atoms with Crippen molar-refractivity contribution in [3.8, 4) is 17.5 Å². The minimum absolute atomic E-state index is 0.0298. The fourth-order valence-corrected chi connectivity index (χ4v) is 9.68. The highest BCUT2D eigenvalue weighted by atomic mass is 19.4. The molecule has 16 heteroatoms. The van der Waals surface area contributed by atoms with Crippen LogP contribution >= 0.6 is 0 Å². The summed E-state index contributed by atoms with van der Waals surface area (Å²) in [5, 5.41) is 11.5. The molecule has 1 aromatic heterocycles. The van der Waals surface area contributed by atoms with Gasteiger partial charge in [-0.15, -0.1) is 0 Å². The van der Waals surface area contributed by atoms with Crippen LogP contribution in [0.15, 0.2) is 89.7 Å². The van der Waals surface area contributed by atoms with E-state index in [1.165, 1.54) is 10.6 Å². The number of aromatic nitrogens is 2. The van der Waals surface area contributed by atoms with Gasteiger partial charge in [0, 0.05) is 56.7 Å². The third kappa shape index (κ3) is 7.93. The molecule has 64 heavy (non-hydrogen) atoms. The molecule has 3 aliphatic heterocycles. The van der Waals surface area contributed by atoms with Crippen LogP contribution in [-0.2, 0) is 22.3 Å². The van der Waals surface area contributed by atoms with Gasteiger partial charge in [-0.2, -0.15) is 18.4 Å². The van der Waals surface area contributed by atoms with Gasteiger partial charge in [0.15, 0.2) is 0 Å². The third-order valence-corrected chi connectivity index (χ3v) is 13.2. The molecule has 1 N–H and O–H groups in total. The molecule has 13 nitrogen and oxygen atoms in total. The maximum atomic E-state index is 13.9. The Morgan fingerprint density at radius 3 is 2.20 bits per heavy atom. The van der Waals surface area contributed by atoms with E-state index in [1.54, 1.807) is 53.1 Å². The number of alkyl halides is 3. The van der Waals surface area contributed by atoms with Crippen LogP contribution in [0.25, 0.3) is 16.7 Å². The second-order valence-electron chi connectivity index (χ2n) is 17.4. The maximum Gasteiger partial charge on any atom is 0.417 e. The molecule has 3 fully saturated rings. The van der Waals surface area contributed by atoms with Crippen LogP contribution in [0.2, 0.25) is 0 Å². The molecule has 1 atom stereocenters. The van der Waals surface area contributed by atoms with Crippen molar-refractivity contribution in [2.45, 2.75) is 89.3 Å². The molecule has 2 saturated heterocycles. The summed E-state index contributed by atoms with van der Waals surface area (Å²) in [5.41, 5.74) is 1.35. The molecule has 4 heterocycles. The largest absolute Gasteiger partial charge is 0.490 e. The second kappa shape index (κ2) is 16.8. The normalized spacial score (nSPS) is 20.5. The molecule has 4 amide bonds. The average molecular weight is 874 g/mol. The first-order valence-corrected chi connectivity index (χ1v) is 21.6. The van der Waals surface area contributed by atoms with Crippen molar-refractivity contribution in [2.75, 3.05) is 24.5 Å². The molecule has 4 aliphatic rings. The Morgan fingerprint density at radius 1 is 0.844 bits per heavy atom. The number of hydrogen-bond acceptors (Lipinski definition) is 9. The lowest BCUT2D eigenvalue weighted by molar-refractivity contribution is -0.138. The summed E-state index contributed by atoms with van der Waals surface area (Å²) in [6, 6.07) is 24.4. The molecule has 0 radical (unpaired) electrons. The number of rotatable bonds is 11. The van der Waals surface area contributed by atoms with Gasteiger partial charge in [0.2, 0.25) is 11.8 Å². The van der Waals surface area contributed by atoms with Crippen LogP contribution in [0.3, 0.4) is 0 Å². The number of carbonyl (C=O) groups is 4. The zero-order valence-electron chi connectivity index (χ0n) is 35.3. The van der Waals surface area contributed by atoms with E-state index < -0.39 is 52.7 Å². The van der Waals surface area contributed by atoms with Gasteiger partial charge in [0.25, 0.3) is 11.8 Å². The Hall–Kier alpha value is -6.73. The standard InChI is InChI=1S/C48H46F3N7O6/c1-28(2)55(34-21-36(22-34)64-35-13-14-37-38(24-35)46(62)58(45(37)61)42-15-16-43(59)53-44(42)60)26-30-17-19-54(20-18-30)32-10-7-29(8-11-32)27-56-40-5-3-4-6-41(40)57(47(56)63)33-12-9-31(25-52)39(23-33)48(49,50)51/h3-14,23-24,28,30,34,36,42H,15-22,26-27H2,1-2H3,(H,53,59,60). The molecule has 0 spiro atoms. The van der Waals surface area contributed by atoms with Gasteiger partial charge < -0.3 is 9.64 Å². The van der Waals surface area contributed by atoms with Crippen LogP contribution in [0.4, 0.5) is 18.9 Å². The van der Waals surface area contributed by atoms with E-state index in [9.17, 15) is 42.4 Å². The Labute approximate surface area is 366 Å². The monoisotopic (exact) mass is 873 g/mol. The highest BCUT2D eigenvalue weighted by Gasteiger charge is 2.45. The zero-order valence-corrected chi connectivity index (χ0v) is 35.3. The molecule has 4 aromatic carbocycles. The quantitative estimate of drug-likeness (QED) is 0.144. The molecule has 1 saturated carbocycles. The second-order valence-corrected chi connectivity index (χ2v) is 17.4. The number of fused-ring (bicyclic) bond motifs is 2. The minimum atomic E-state index is -4.76. The zero-order chi connectivity index (χ0) is 45.0. The number of imidazole rings is 1. The molecule has 330 valence electrons. The van der Waals surface area contributed by atoms with E-state index in [0.717, 1.165) is 73.6 Å². The minimum Gasteiger partial charge on any atom is -0.490 e. The lowest BCUT2D eigenvalue weighted by atomic mass is 9.85. The fourth-order valence-electron chi connectivity index (χ4n) is 9.68. The van der Waals surface area contributed by atoms with E-state index >= 15 is 0 Å². The number of para-hydroxylation sites is 2. The number of carbonyl (C=O) groups excluding carboxylic acids is 4. The number of amides is 4. The van der Waals surface area contributed by atoms with Gasteiger partial charge in [-0.3, -0.25) is 43.4 Å². The number of nitrogens with zero attached hydrogens (tertiary/aromatic N) is 6. The summed E-state index contributed by atoms with van der Waals surface area (Å²) < 4.78 is 50.6. The summed E-state index contributed by atoms with van der Waals surface area (Å²) in [6.45, 7) is 7.40. The van der Waals surface area contributed by atoms with Crippen molar-refractivity contribution in [1.82, 2.24) is 24.3 Å². The summed E-state index contributed by atoms with van der Waals surface area (Å²) in [4.78, 5) is 70.2. The van der Waals surface area contributed by atoms with E-state index in [-0.39, 0.29) is 42.3 Å². The number of hydrogen-bond donors (Lipinski definition) is 1. The highest BCUT2D eigenvalue weighted by Crippen LogP contribution is 2.37. The Kier molecular flexibility index (Phi) is 11.1. The number of benzene rings is 4. The molecular weight excluding hydrogens is 828 g/mol. The molecule has 1 aliphatic carbocycles. The van der Waals surface area contributed by atoms with E-state index in [0.29, 0.717) is 34.8 Å². The fraction of sp³-hybridized carbons (Fsp3) is 0.375. The first-order valence-electron chi connectivity index (χ1n) is 21.6. The van der Waals surface area contributed by atoms with Gasteiger partial charge in [-0.25, -0.2) is 4.79 Å². The summed E-state index contributed by atoms with van der Waals surface area (Å²) in [7, 11) is 0. The topological polar surface area (TPSA) is 150 Å². The van der Waals surface area contributed by atoms with Crippen molar-refractivity contribution >= 4 is 40.3 Å². The van der Waals surface area contributed by atoms with Crippen LogP contribution in [0, 0.1) is 17.2 Å². The summed E-state index contributed by atoms with van der Waals surface area (Å²) in [5.74, 6) is -1.16. The number of piperidine rings is 2. The smallest absolute Gasteiger partial charge is 0.417 e. The van der Waals surface area contributed by atoms with Gasteiger partial charge in [0.05, 0.1) is 51.6 Å². The average Bonchev–Trinajstić information content (AvgIpc) is 3.68. The van der Waals surface area contributed by atoms with E-state index in [1.807, 2.05) is 24.3 Å². The van der Waals surface area contributed by atoms with E-state index in [4.69, 9.17) is 4.74 Å². The molecule has 0 bridgehead atoms. The maximum absolute atomic E-state index is 13.9. The Balaban J connectivity index is 0.789. The van der Waals surface area contributed by atoms with Gasteiger partial charge in [0.1, 0.15) is 17.9 Å². The SMILES string of the molecule is CC(C)N(CC1CCN(c2ccc(Cn3c(=O)n(-c4ccc(C#N)c(C(F)(F)F)c4)c4ccccc43)cc2)CC1)C1CC(Oc2ccc3c(c2)C(=O)N(C2CCC(=O)NC2=O)C3=O)C1. The van der Waals surface area contributed by atoms with Crippen molar-refractivity contribution in [3.63, 3.8) is 0 Å². The summed E-state index contributed by atoms with van der Waals surface area (Å²) >= 11 is 0. The first-order chi connectivity index (χ1) is 30.7. The summed E-state index contributed by atoms with van der Waals surface area (Å²) in [6.07, 6.45) is -0.941. The lowest BCUT2D eigenvalue weighted by Gasteiger charge is -2.46. The van der Waals surface area contributed by atoms with Crippen LogP contribution in [-0.4, -0.2) is 86.4 Å². The van der Waals surface area contributed by atoms with E-state index in [2.05, 4.69) is 29.0 Å². The van der Waals surface area contributed by atoms with Gasteiger partial charge >= 0.3 is 11.9 Å². The predicted octanol–water partition coefficient (Wildman–Crippen LogP) is 6.67. The Morgan fingerprint density at radius 2 is 1.53 bits per heavy atom. The van der Waals surface area contributed by atoms with Gasteiger partial charge in [-0.1, -0.05) is 24.3 Å². The Bertz CT molecular complexity index is 2780. The number of nitriles is 1. The molecule has 5 aromatic rings. The number of anilines is 1. The first kappa shape index (κ1) is 42.6. The predicted molar refractivity (Wildman–Crippen MR) is 230 cm³/mol. The van der Waals surface area contributed by atoms with Crippen LogP contribution in [0.1, 0.15) is 89.8 Å². The number of nitrogens with one attached hydrogen (secondary N) is 1. The van der Waals surface area contributed by atoms with Crippen molar-refractivity contribution < 1.29 is 37.1 Å². The number of imide groups is 2.